The number of unbranched alkanes of at least 4 members (excludes halogenated alkanes) is 20. The van der Waals surface area contributed by atoms with Crippen molar-refractivity contribution in [3.8, 4) is 45.2 Å². The number of hydrogen-bond donors (Lipinski definition) is 0. The highest BCUT2D eigenvalue weighted by atomic mass is 14.9. The van der Waals surface area contributed by atoms with Crippen molar-refractivity contribution in [2.75, 3.05) is 0 Å². The van der Waals surface area contributed by atoms with Gasteiger partial charge in [-0.3, -0.25) is 4.98 Å². The molecule has 0 amide bonds. The van der Waals surface area contributed by atoms with Gasteiger partial charge in [0.1, 0.15) is 5.69 Å². The SMILES string of the molecule is CCCCCCCCc1cc(-c2cc(-c3cc(CCCCCCCC)c(-c4cccc5cc6c(C)cccc6cc45)cc3CCCCCCCC)nc(-c3ccc4ccc5cccnc5c4n3)n2)c(CCCCCCCC)cc1C. The predicted molar refractivity (Wildman–Crippen MR) is 347 cm³/mol. The lowest BCUT2D eigenvalue weighted by Crippen LogP contribution is -2.04. The first-order valence-electron chi connectivity index (χ1n) is 32.1. The topological polar surface area (TPSA) is 51.6 Å². The Morgan fingerprint density at radius 3 is 1.35 bits per heavy atom. The number of rotatable bonds is 32. The third-order valence-corrected chi connectivity index (χ3v) is 17.4. The Morgan fingerprint density at radius 2 is 0.750 bits per heavy atom. The van der Waals surface area contributed by atoms with Crippen LogP contribution in [0.25, 0.3) is 88.5 Å². The number of aryl methyl sites for hydroxylation is 6. The molecule has 0 aliphatic heterocycles. The van der Waals surface area contributed by atoms with Crippen molar-refractivity contribution < 1.29 is 0 Å². The van der Waals surface area contributed by atoms with Crippen LogP contribution in [0.1, 0.15) is 215 Å². The number of aromatic nitrogens is 4. The van der Waals surface area contributed by atoms with Crippen LogP contribution in [0, 0.1) is 13.8 Å². The summed E-state index contributed by atoms with van der Waals surface area (Å²) in [5, 5.41) is 7.44. The Hall–Kier alpha value is -6.26. The van der Waals surface area contributed by atoms with Gasteiger partial charge in [-0.05, 0) is 174 Å². The highest BCUT2D eigenvalue weighted by Crippen LogP contribution is 2.41. The third-order valence-electron chi connectivity index (χ3n) is 17.4. The number of hydrogen-bond acceptors (Lipinski definition) is 4. The summed E-state index contributed by atoms with van der Waals surface area (Å²) in [5.41, 5.74) is 18.2. The fourth-order valence-corrected chi connectivity index (χ4v) is 12.6. The molecule has 0 bridgehead atoms. The molecule has 9 aromatic rings. The number of nitrogens with zero attached hydrogens (tertiary/aromatic N) is 4. The van der Waals surface area contributed by atoms with Crippen molar-refractivity contribution in [2.24, 2.45) is 0 Å². The molecule has 0 saturated heterocycles. The minimum absolute atomic E-state index is 0.680. The van der Waals surface area contributed by atoms with Crippen LogP contribution in [0.4, 0.5) is 0 Å². The molecular formula is C76H94N4. The predicted octanol–water partition coefficient (Wildman–Crippen LogP) is 22.8. The van der Waals surface area contributed by atoms with Crippen molar-refractivity contribution in [3.05, 3.63) is 155 Å². The molecule has 4 nitrogen and oxygen atoms in total. The van der Waals surface area contributed by atoms with E-state index in [0.717, 1.165) is 77.4 Å². The van der Waals surface area contributed by atoms with Gasteiger partial charge in [0, 0.05) is 28.1 Å². The van der Waals surface area contributed by atoms with Gasteiger partial charge in [-0.1, -0.05) is 229 Å². The van der Waals surface area contributed by atoms with Crippen LogP contribution in [-0.2, 0) is 25.7 Å². The highest BCUT2D eigenvalue weighted by Gasteiger charge is 2.21. The van der Waals surface area contributed by atoms with Crippen LogP contribution in [0.5, 0.6) is 0 Å². The first kappa shape index (κ1) is 58.4. The summed E-state index contributed by atoms with van der Waals surface area (Å²) in [6.45, 7) is 13.9. The van der Waals surface area contributed by atoms with Crippen molar-refractivity contribution in [2.45, 2.75) is 221 Å². The van der Waals surface area contributed by atoms with Crippen LogP contribution in [0.3, 0.4) is 0 Å². The van der Waals surface area contributed by atoms with Gasteiger partial charge in [-0.15, -0.1) is 0 Å². The first-order valence-corrected chi connectivity index (χ1v) is 32.1. The smallest absolute Gasteiger partial charge is 0.179 e. The largest absolute Gasteiger partial charge is 0.254 e. The molecule has 0 N–H and O–H groups in total. The van der Waals surface area contributed by atoms with Gasteiger partial charge in [0.25, 0.3) is 0 Å². The van der Waals surface area contributed by atoms with E-state index < -0.39 is 0 Å². The maximum atomic E-state index is 5.75. The van der Waals surface area contributed by atoms with Crippen LogP contribution >= 0.6 is 0 Å². The van der Waals surface area contributed by atoms with Crippen molar-refractivity contribution in [1.82, 2.24) is 19.9 Å². The standard InChI is InChI=1S/C76H94N4/c1-7-11-15-19-23-27-35-59-49-69(60(48-56(59)6)36-28-24-20-16-12-8-2)72-54-73(80-76(79-72)71-46-45-58-44-43-57-41-33-47-77-74(57)75(58)78-71)70-53-62(37-29-25-21-17-13-9-3)68(52-64(70)38-30-26-22-18-14-10-4)65-42-32-40-63-50-66-55(5)34-31-39-61(66)51-67(63)65/h31-34,39-54H,7-30,35-38H2,1-6H3. The van der Waals surface area contributed by atoms with Gasteiger partial charge in [0.05, 0.1) is 22.4 Å². The number of pyridine rings is 2. The molecule has 0 aliphatic carbocycles. The maximum absolute atomic E-state index is 5.75. The maximum Gasteiger partial charge on any atom is 0.179 e. The van der Waals surface area contributed by atoms with Gasteiger partial charge >= 0.3 is 0 Å². The lowest BCUT2D eigenvalue weighted by Gasteiger charge is -2.20. The van der Waals surface area contributed by atoms with E-state index in [-0.39, 0.29) is 0 Å². The van der Waals surface area contributed by atoms with E-state index >= 15 is 0 Å². The van der Waals surface area contributed by atoms with Crippen molar-refractivity contribution in [3.63, 3.8) is 0 Å². The summed E-state index contributed by atoms with van der Waals surface area (Å²) < 4.78 is 0. The second-order valence-corrected chi connectivity index (χ2v) is 23.7. The molecule has 0 fully saturated rings. The summed E-state index contributed by atoms with van der Waals surface area (Å²) in [6.07, 6.45) is 36.5. The summed E-state index contributed by atoms with van der Waals surface area (Å²) in [4.78, 5) is 21.8. The average Bonchev–Trinajstić information content (AvgIpc) is 3.50. The molecule has 0 saturated carbocycles. The van der Waals surface area contributed by atoms with E-state index in [4.69, 9.17) is 19.9 Å². The van der Waals surface area contributed by atoms with Crippen LogP contribution in [0.15, 0.2) is 121 Å². The van der Waals surface area contributed by atoms with Gasteiger partial charge in [0.2, 0.25) is 0 Å². The molecular weight excluding hydrogens is 969 g/mol. The quantitative estimate of drug-likeness (QED) is 0.0240. The Morgan fingerprint density at radius 1 is 0.300 bits per heavy atom. The summed E-state index contributed by atoms with van der Waals surface area (Å²) in [6, 6.07) is 44.1. The molecule has 0 spiro atoms. The average molecular weight is 1060 g/mol. The molecule has 0 atom stereocenters. The Kier molecular flexibility index (Phi) is 21.9. The van der Waals surface area contributed by atoms with Crippen molar-refractivity contribution in [1.29, 1.82) is 0 Å². The zero-order valence-electron chi connectivity index (χ0n) is 50.1. The zero-order valence-corrected chi connectivity index (χ0v) is 50.1. The third kappa shape index (κ3) is 15.0. The first-order chi connectivity index (χ1) is 39.4. The van der Waals surface area contributed by atoms with Crippen LogP contribution in [-0.4, -0.2) is 19.9 Å². The van der Waals surface area contributed by atoms with E-state index in [2.05, 4.69) is 151 Å². The summed E-state index contributed by atoms with van der Waals surface area (Å²) >= 11 is 0. The fraction of sp³-hybridized carbons (Fsp3) is 0.447. The summed E-state index contributed by atoms with van der Waals surface area (Å²) in [5.74, 6) is 0.680. The number of fused-ring (bicyclic) bond motifs is 5. The Labute approximate surface area is 482 Å². The van der Waals surface area contributed by atoms with Gasteiger partial charge < -0.3 is 0 Å². The van der Waals surface area contributed by atoms with E-state index in [1.807, 2.05) is 12.3 Å². The molecule has 3 aromatic heterocycles. The van der Waals surface area contributed by atoms with Gasteiger partial charge in [-0.25, -0.2) is 15.0 Å². The zero-order chi connectivity index (χ0) is 55.5. The molecule has 418 valence electrons. The summed E-state index contributed by atoms with van der Waals surface area (Å²) in [7, 11) is 0. The molecule has 3 heterocycles. The number of benzene rings is 6. The molecule has 0 aliphatic rings. The Bertz CT molecular complexity index is 3440. The van der Waals surface area contributed by atoms with E-state index in [1.54, 1.807) is 0 Å². The normalized spacial score (nSPS) is 11.8. The van der Waals surface area contributed by atoms with Crippen LogP contribution in [0.2, 0.25) is 0 Å². The molecule has 0 unspecified atom stereocenters. The molecule has 6 aromatic carbocycles. The van der Waals surface area contributed by atoms with E-state index in [1.165, 1.54) is 218 Å². The minimum Gasteiger partial charge on any atom is -0.254 e. The van der Waals surface area contributed by atoms with E-state index in [0.29, 0.717) is 5.82 Å². The van der Waals surface area contributed by atoms with Crippen LogP contribution < -0.4 is 0 Å². The molecule has 9 rings (SSSR count). The lowest BCUT2D eigenvalue weighted by atomic mass is 9.85. The monoisotopic (exact) mass is 1060 g/mol. The molecule has 4 heteroatoms. The second kappa shape index (κ2) is 30.0. The Balaban J connectivity index is 1.25. The molecule has 80 heavy (non-hydrogen) atoms. The van der Waals surface area contributed by atoms with Crippen molar-refractivity contribution >= 4 is 43.4 Å². The fourth-order valence-electron chi connectivity index (χ4n) is 12.6. The van der Waals surface area contributed by atoms with E-state index in [9.17, 15) is 0 Å². The lowest BCUT2D eigenvalue weighted by molar-refractivity contribution is 0.605. The second-order valence-electron chi connectivity index (χ2n) is 23.7. The highest BCUT2D eigenvalue weighted by molar-refractivity contribution is 6.06. The van der Waals surface area contributed by atoms with Gasteiger partial charge in [-0.2, -0.15) is 0 Å². The van der Waals surface area contributed by atoms with Gasteiger partial charge in [0.15, 0.2) is 5.82 Å². The molecule has 0 radical (unpaired) electrons. The minimum atomic E-state index is 0.680.